The van der Waals surface area contributed by atoms with Crippen molar-refractivity contribution in [3.05, 3.63) is 71.5 Å². The molecular weight excluding hydrogens is 469 g/mol. The molecule has 2 aromatic heterocycles. The molecule has 2 amide bonds. The summed E-state index contributed by atoms with van der Waals surface area (Å²) in [7, 11) is 0. The molecule has 0 fully saturated rings. The van der Waals surface area contributed by atoms with Gasteiger partial charge in [-0.1, -0.05) is 32.0 Å². The molecule has 0 spiro atoms. The first-order chi connectivity index (χ1) is 17.2. The highest BCUT2D eigenvalue weighted by Gasteiger charge is 2.36. The number of carbonyl (C=O) groups is 2. The Hall–Kier alpha value is -3.85. The van der Waals surface area contributed by atoms with E-state index in [2.05, 4.69) is 15.2 Å². The van der Waals surface area contributed by atoms with Crippen molar-refractivity contribution in [1.29, 1.82) is 0 Å². The zero-order chi connectivity index (χ0) is 25.6. The summed E-state index contributed by atoms with van der Waals surface area (Å²) in [5.41, 5.74) is 1.61. The molecule has 9 heteroatoms. The first-order valence-electron chi connectivity index (χ1n) is 11.8. The van der Waals surface area contributed by atoms with Crippen LogP contribution in [0.2, 0.25) is 0 Å². The summed E-state index contributed by atoms with van der Waals surface area (Å²) in [4.78, 5) is 31.4. The van der Waals surface area contributed by atoms with Crippen molar-refractivity contribution in [3.63, 3.8) is 0 Å². The Kier molecular flexibility index (Phi) is 5.96. The van der Waals surface area contributed by atoms with Crippen LogP contribution in [0.15, 0.2) is 54.9 Å². The van der Waals surface area contributed by atoms with E-state index in [0.717, 1.165) is 36.1 Å². The number of para-hydroxylation sites is 1. The fourth-order valence-corrected chi connectivity index (χ4v) is 4.89. The molecule has 0 atom stereocenters. The number of imide groups is 1. The molecule has 1 aliphatic rings. The molecule has 2 aromatic carbocycles. The normalized spacial score (nSPS) is 14.6. The van der Waals surface area contributed by atoms with Gasteiger partial charge in [0.15, 0.2) is 0 Å². The Bertz CT molecular complexity index is 1520. The Morgan fingerprint density at radius 3 is 2.31 bits per heavy atom. The van der Waals surface area contributed by atoms with Gasteiger partial charge in [0.05, 0.1) is 16.7 Å². The van der Waals surface area contributed by atoms with Crippen molar-refractivity contribution in [2.45, 2.75) is 26.6 Å². The smallest absolute Gasteiger partial charge is 0.361 e. The Morgan fingerprint density at radius 1 is 0.917 bits per heavy atom. The Morgan fingerprint density at radius 2 is 1.61 bits per heavy atom. The standard InChI is InChI=1S/C27H25F3N4O2/c1-3-33(4-2)11-12-34-15-20(18-13-16(27(28,29)30)9-10-22(18)34)24-23(25(35)32-26(24)36)19-14-31-21-8-6-5-7-17(19)21/h5-10,13-15,31H,3-4,11-12H2,1-2H3,(H,32,35,36). The van der Waals surface area contributed by atoms with Crippen LogP contribution in [-0.2, 0) is 22.3 Å². The van der Waals surface area contributed by atoms with Crippen LogP contribution in [0, 0.1) is 0 Å². The molecule has 4 aromatic rings. The highest BCUT2D eigenvalue weighted by Crippen LogP contribution is 2.40. The van der Waals surface area contributed by atoms with Gasteiger partial charge in [-0.05, 0) is 37.4 Å². The molecule has 0 unspecified atom stereocenters. The van der Waals surface area contributed by atoms with Crippen LogP contribution in [0.5, 0.6) is 0 Å². The molecule has 0 bridgehead atoms. The minimum atomic E-state index is -4.55. The average molecular weight is 495 g/mol. The number of likely N-dealkylation sites (N-methyl/N-ethyl adjacent to an activating group) is 1. The molecule has 0 aliphatic carbocycles. The van der Waals surface area contributed by atoms with Gasteiger partial charge < -0.3 is 14.5 Å². The van der Waals surface area contributed by atoms with Crippen LogP contribution in [-0.4, -0.2) is 45.9 Å². The second kappa shape index (κ2) is 8.98. The third kappa shape index (κ3) is 3.99. The monoisotopic (exact) mass is 494 g/mol. The van der Waals surface area contributed by atoms with Crippen LogP contribution in [0.25, 0.3) is 33.0 Å². The largest absolute Gasteiger partial charge is 0.416 e. The number of hydrogen-bond acceptors (Lipinski definition) is 3. The summed E-state index contributed by atoms with van der Waals surface area (Å²) in [5.74, 6) is -1.20. The van der Waals surface area contributed by atoms with Gasteiger partial charge in [0, 0.05) is 58.4 Å². The van der Waals surface area contributed by atoms with E-state index in [-0.39, 0.29) is 16.5 Å². The minimum Gasteiger partial charge on any atom is -0.361 e. The predicted molar refractivity (Wildman–Crippen MR) is 133 cm³/mol. The minimum absolute atomic E-state index is 0.0793. The number of rotatable bonds is 7. The number of nitrogens with zero attached hydrogens (tertiary/aromatic N) is 2. The number of nitrogens with one attached hydrogen (secondary N) is 2. The summed E-state index contributed by atoms with van der Waals surface area (Å²) in [6, 6.07) is 10.9. The van der Waals surface area contributed by atoms with Crippen LogP contribution >= 0.6 is 0 Å². The summed E-state index contributed by atoms with van der Waals surface area (Å²) < 4.78 is 42.7. The van der Waals surface area contributed by atoms with E-state index < -0.39 is 23.6 Å². The van der Waals surface area contributed by atoms with Crippen molar-refractivity contribution >= 4 is 44.8 Å². The molecule has 2 N–H and O–H groups in total. The van der Waals surface area contributed by atoms with Crippen molar-refractivity contribution in [2.75, 3.05) is 19.6 Å². The van der Waals surface area contributed by atoms with Crippen LogP contribution in [0.4, 0.5) is 13.2 Å². The van der Waals surface area contributed by atoms with E-state index in [1.165, 1.54) is 6.07 Å². The number of H-pyrrole nitrogens is 1. The molecule has 1 aliphatic heterocycles. The number of fused-ring (bicyclic) bond motifs is 2. The predicted octanol–water partition coefficient (Wildman–Crippen LogP) is 5.05. The molecule has 5 rings (SSSR count). The van der Waals surface area contributed by atoms with Gasteiger partial charge in [-0.15, -0.1) is 0 Å². The van der Waals surface area contributed by atoms with E-state index in [9.17, 15) is 22.8 Å². The second-order valence-corrected chi connectivity index (χ2v) is 8.77. The maximum absolute atomic E-state index is 13.6. The summed E-state index contributed by atoms with van der Waals surface area (Å²) >= 11 is 0. The molecule has 0 radical (unpaired) electrons. The first kappa shape index (κ1) is 23.9. The van der Waals surface area contributed by atoms with Crippen LogP contribution < -0.4 is 5.32 Å². The Balaban J connectivity index is 1.75. The summed E-state index contributed by atoms with van der Waals surface area (Å²) in [5, 5.41) is 3.38. The zero-order valence-corrected chi connectivity index (χ0v) is 19.9. The Labute approximate surface area is 205 Å². The first-order valence-corrected chi connectivity index (χ1v) is 11.8. The topological polar surface area (TPSA) is 70.1 Å². The van der Waals surface area contributed by atoms with Crippen molar-refractivity contribution < 1.29 is 22.8 Å². The van der Waals surface area contributed by atoms with E-state index in [0.29, 0.717) is 29.7 Å². The lowest BCUT2D eigenvalue weighted by Gasteiger charge is -2.18. The molecule has 3 heterocycles. The van der Waals surface area contributed by atoms with Gasteiger partial charge in [0.1, 0.15) is 0 Å². The highest BCUT2D eigenvalue weighted by atomic mass is 19.4. The van der Waals surface area contributed by atoms with Gasteiger partial charge in [-0.3, -0.25) is 14.9 Å². The third-order valence-electron chi connectivity index (χ3n) is 6.82. The molecule has 6 nitrogen and oxygen atoms in total. The van der Waals surface area contributed by atoms with Crippen molar-refractivity contribution in [2.24, 2.45) is 0 Å². The van der Waals surface area contributed by atoms with E-state index in [1.807, 2.05) is 42.7 Å². The van der Waals surface area contributed by atoms with E-state index >= 15 is 0 Å². The number of aromatic amines is 1. The molecular formula is C27H25F3N4O2. The SMILES string of the molecule is CCN(CC)CCn1cc(C2=C(c3c[nH]c4ccccc34)C(=O)NC2=O)c2cc(C(F)(F)F)ccc21. The maximum Gasteiger partial charge on any atom is 0.416 e. The number of benzene rings is 2. The van der Waals surface area contributed by atoms with Crippen LogP contribution in [0.3, 0.4) is 0 Å². The number of aromatic nitrogens is 2. The average Bonchev–Trinajstić information content (AvgIpc) is 3.51. The lowest BCUT2D eigenvalue weighted by atomic mass is 9.95. The fourth-order valence-electron chi connectivity index (χ4n) is 4.89. The second-order valence-electron chi connectivity index (χ2n) is 8.77. The van der Waals surface area contributed by atoms with Gasteiger partial charge in [0.2, 0.25) is 0 Å². The number of halogens is 3. The molecule has 0 saturated heterocycles. The highest BCUT2D eigenvalue weighted by molar-refractivity contribution is 6.50. The van der Waals surface area contributed by atoms with Crippen molar-refractivity contribution in [3.8, 4) is 0 Å². The molecule has 186 valence electrons. The fraction of sp³-hybridized carbons (Fsp3) is 0.259. The van der Waals surface area contributed by atoms with Gasteiger partial charge in [-0.2, -0.15) is 13.2 Å². The van der Waals surface area contributed by atoms with Crippen LogP contribution in [0.1, 0.15) is 30.5 Å². The maximum atomic E-state index is 13.6. The number of hydrogen-bond donors (Lipinski definition) is 2. The number of carbonyl (C=O) groups excluding carboxylic acids is 2. The lowest BCUT2D eigenvalue weighted by Crippen LogP contribution is -2.26. The quantitative estimate of drug-likeness (QED) is 0.353. The van der Waals surface area contributed by atoms with E-state index in [1.54, 1.807) is 12.4 Å². The van der Waals surface area contributed by atoms with Crippen molar-refractivity contribution in [1.82, 2.24) is 19.8 Å². The zero-order valence-electron chi connectivity index (χ0n) is 19.9. The summed E-state index contributed by atoms with van der Waals surface area (Å²) in [6.07, 6.45) is -1.20. The lowest BCUT2D eigenvalue weighted by molar-refractivity contribution is -0.137. The van der Waals surface area contributed by atoms with Gasteiger partial charge in [0.25, 0.3) is 11.8 Å². The number of amides is 2. The van der Waals surface area contributed by atoms with E-state index in [4.69, 9.17) is 0 Å². The van der Waals surface area contributed by atoms with Gasteiger partial charge >= 0.3 is 6.18 Å². The third-order valence-corrected chi connectivity index (χ3v) is 6.82. The number of alkyl halides is 3. The summed E-state index contributed by atoms with van der Waals surface area (Å²) in [6.45, 7) is 6.99. The molecule has 0 saturated carbocycles. The van der Waals surface area contributed by atoms with Gasteiger partial charge in [-0.25, -0.2) is 0 Å². The molecule has 36 heavy (non-hydrogen) atoms.